The Balaban J connectivity index is 1.44. The molecule has 0 spiro atoms. The van der Waals surface area contributed by atoms with E-state index in [2.05, 4.69) is 21.7 Å². The number of hydrogen-bond acceptors (Lipinski definition) is 4. The minimum Gasteiger partial charge on any atom is -0.459 e. The van der Waals surface area contributed by atoms with Gasteiger partial charge in [-0.25, -0.2) is 9.78 Å². The highest BCUT2D eigenvalue weighted by Crippen LogP contribution is 2.35. The third kappa shape index (κ3) is 3.68. The summed E-state index contributed by atoms with van der Waals surface area (Å²) in [4.78, 5) is 16.5. The second kappa shape index (κ2) is 7.84. The van der Waals surface area contributed by atoms with E-state index in [1.54, 1.807) is 19.6 Å². The Labute approximate surface area is 157 Å². The van der Waals surface area contributed by atoms with Gasteiger partial charge in [-0.15, -0.1) is 0 Å². The van der Waals surface area contributed by atoms with Crippen molar-refractivity contribution in [2.75, 3.05) is 19.0 Å². The molecule has 0 fully saturated rings. The van der Waals surface area contributed by atoms with Gasteiger partial charge in [0.2, 0.25) is 0 Å². The summed E-state index contributed by atoms with van der Waals surface area (Å²) in [5.74, 6) is 1.06. The summed E-state index contributed by atoms with van der Waals surface area (Å²) in [6.07, 6.45) is 7.85. The monoisotopic (exact) mass is 368 g/mol. The van der Waals surface area contributed by atoms with Gasteiger partial charge >= 0.3 is 6.03 Å². The molecule has 2 N–H and O–H groups in total. The highest BCUT2D eigenvalue weighted by atomic mass is 16.5. The topological polar surface area (TPSA) is 81.3 Å². The third-order valence-electron chi connectivity index (χ3n) is 5.00. The largest absolute Gasteiger partial charge is 0.459 e. The van der Waals surface area contributed by atoms with Crippen molar-refractivity contribution in [1.82, 2.24) is 14.9 Å². The fraction of sp³-hybridized carbons (Fsp3) is 0.400. The van der Waals surface area contributed by atoms with Gasteiger partial charge in [0.05, 0.1) is 30.9 Å². The number of fused-ring (bicyclic) bond motifs is 3. The molecule has 27 heavy (non-hydrogen) atoms. The maximum atomic E-state index is 12.4. The molecule has 7 heteroatoms. The number of aryl methyl sites for hydroxylation is 2. The number of nitrogens with one attached hydrogen (secondary N) is 2. The van der Waals surface area contributed by atoms with Gasteiger partial charge in [0.15, 0.2) is 5.58 Å². The molecule has 0 aliphatic heterocycles. The maximum absolute atomic E-state index is 12.4. The summed E-state index contributed by atoms with van der Waals surface area (Å²) < 4.78 is 13.1. The first-order valence-electron chi connectivity index (χ1n) is 9.32. The molecule has 0 saturated heterocycles. The average molecular weight is 368 g/mol. The van der Waals surface area contributed by atoms with Crippen LogP contribution < -0.4 is 10.6 Å². The van der Waals surface area contributed by atoms with E-state index >= 15 is 0 Å². The predicted octanol–water partition coefficient (Wildman–Crippen LogP) is 3.48. The molecule has 2 aromatic heterocycles. The van der Waals surface area contributed by atoms with Crippen LogP contribution in [0.3, 0.4) is 0 Å². The van der Waals surface area contributed by atoms with Gasteiger partial charge in [-0.3, -0.25) is 0 Å². The number of anilines is 1. The molecule has 1 aliphatic rings. The fourth-order valence-corrected chi connectivity index (χ4v) is 3.61. The molecule has 1 aliphatic carbocycles. The molecule has 0 saturated carbocycles. The number of urea groups is 1. The fourth-order valence-electron chi connectivity index (χ4n) is 3.61. The van der Waals surface area contributed by atoms with E-state index in [4.69, 9.17) is 9.15 Å². The van der Waals surface area contributed by atoms with Crippen LogP contribution in [0, 0.1) is 0 Å². The Bertz CT molecular complexity index is 944. The molecule has 0 atom stereocenters. The van der Waals surface area contributed by atoms with Crippen LogP contribution in [0.25, 0.3) is 11.0 Å². The molecule has 0 radical (unpaired) electrons. The van der Waals surface area contributed by atoms with Crippen LogP contribution in [-0.2, 0) is 30.7 Å². The van der Waals surface area contributed by atoms with Crippen LogP contribution in [0.4, 0.5) is 10.5 Å². The Morgan fingerprint density at radius 2 is 2.22 bits per heavy atom. The zero-order valence-corrected chi connectivity index (χ0v) is 15.5. The Kier molecular flexibility index (Phi) is 5.11. The predicted molar refractivity (Wildman–Crippen MR) is 103 cm³/mol. The summed E-state index contributed by atoms with van der Waals surface area (Å²) in [5.41, 5.74) is 3.69. The normalized spacial score (nSPS) is 13.5. The zero-order chi connectivity index (χ0) is 18.6. The quantitative estimate of drug-likeness (QED) is 0.698. The number of nitrogens with zero attached hydrogens (tertiary/aromatic N) is 2. The number of carbonyl (C=O) groups excluding carboxylic acids is 1. The first-order valence-corrected chi connectivity index (χ1v) is 9.32. The number of hydrogen-bond donors (Lipinski definition) is 2. The highest BCUT2D eigenvalue weighted by molar-refractivity contribution is 6.00. The second-order valence-corrected chi connectivity index (χ2v) is 6.77. The highest BCUT2D eigenvalue weighted by Gasteiger charge is 2.20. The summed E-state index contributed by atoms with van der Waals surface area (Å²) in [5, 5.41) is 6.92. The molecule has 2 heterocycles. The van der Waals surface area contributed by atoms with E-state index in [9.17, 15) is 4.79 Å². The molecule has 0 bridgehead atoms. The SMILES string of the molecule is COCCn1cncc1CNC(=O)Nc1cccc2c3c(oc12)CCCC3. The number of rotatable bonds is 6. The van der Waals surface area contributed by atoms with Gasteiger partial charge in [0, 0.05) is 37.2 Å². The van der Waals surface area contributed by atoms with Crippen molar-refractivity contribution < 1.29 is 13.9 Å². The van der Waals surface area contributed by atoms with Crippen LogP contribution in [0.15, 0.2) is 35.1 Å². The number of furan rings is 1. The van der Waals surface area contributed by atoms with Crippen molar-refractivity contribution in [1.29, 1.82) is 0 Å². The standard InChI is InChI=1S/C20H24N4O3/c1-26-10-9-24-13-21-11-14(24)12-22-20(25)23-17-7-4-6-16-15-5-2-3-8-18(15)27-19(16)17/h4,6-7,11,13H,2-3,5,8-10,12H2,1H3,(H2,22,23,25). The lowest BCUT2D eigenvalue weighted by Crippen LogP contribution is -2.29. The minimum absolute atomic E-state index is 0.267. The third-order valence-corrected chi connectivity index (χ3v) is 5.00. The van der Waals surface area contributed by atoms with E-state index in [1.807, 2.05) is 16.7 Å². The van der Waals surface area contributed by atoms with Crippen molar-refractivity contribution in [3.05, 3.63) is 47.7 Å². The molecule has 142 valence electrons. The second-order valence-electron chi connectivity index (χ2n) is 6.77. The molecule has 7 nitrogen and oxygen atoms in total. The van der Waals surface area contributed by atoms with Crippen molar-refractivity contribution in [2.45, 2.75) is 38.8 Å². The molecular weight excluding hydrogens is 344 g/mol. The number of ether oxygens (including phenoxy) is 1. The van der Waals surface area contributed by atoms with E-state index < -0.39 is 0 Å². The molecule has 3 aromatic rings. The van der Waals surface area contributed by atoms with Gasteiger partial charge in [-0.2, -0.15) is 0 Å². The van der Waals surface area contributed by atoms with Crippen molar-refractivity contribution in [3.63, 3.8) is 0 Å². The first-order chi connectivity index (χ1) is 13.3. The van der Waals surface area contributed by atoms with Crippen molar-refractivity contribution in [3.8, 4) is 0 Å². The van der Waals surface area contributed by atoms with Gasteiger partial charge in [0.1, 0.15) is 5.76 Å². The number of benzene rings is 1. The molecule has 2 amide bonds. The maximum Gasteiger partial charge on any atom is 0.319 e. The molecule has 4 rings (SSSR count). The van der Waals surface area contributed by atoms with E-state index in [-0.39, 0.29) is 6.03 Å². The number of amides is 2. The molecule has 1 aromatic carbocycles. The van der Waals surface area contributed by atoms with Crippen molar-refractivity contribution in [2.24, 2.45) is 0 Å². The van der Waals surface area contributed by atoms with E-state index in [0.717, 1.165) is 41.7 Å². The molecule has 0 unspecified atom stereocenters. The summed E-state index contributed by atoms with van der Waals surface area (Å²) in [7, 11) is 1.66. The summed E-state index contributed by atoms with van der Waals surface area (Å²) in [6, 6.07) is 5.64. The van der Waals surface area contributed by atoms with Gasteiger partial charge in [-0.05, 0) is 25.3 Å². The first kappa shape index (κ1) is 17.6. The Hall–Kier alpha value is -2.80. The summed E-state index contributed by atoms with van der Waals surface area (Å²) >= 11 is 0. The van der Waals surface area contributed by atoms with Crippen LogP contribution in [-0.4, -0.2) is 29.3 Å². The van der Waals surface area contributed by atoms with Crippen LogP contribution in [0.1, 0.15) is 29.9 Å². The Morgan fingerprint density at radius 3 is 3.11 bits per heavy atom. The van der Waals surface area contributed by atoms with E-state index in [1.165, 1.54) is 12.0 Å². The lowest BCUT2D eigenvalue weighted by Gasteiger charge is -2.10. The van der Waals surface area contributed by atoms with E-state index in [0.29, 0.717) is 25.4 Å². The number of para-hydroxylation sites is 1. The number of methoxy groups -OCH3 is 1. The number of aromatic nitrogens is 2. The summed E-state index contributed by atoms with van der Waals surface area (Å²) in [6.45, 7) is 1.69. The smallest absolute Gasteiger partial charge is 0.319 e. The lowest BCUT2D eigenvalue weighted by atomic mass is 9.96. The van der Waals surface area contributed by atoms with Gasteiger partial charge in [0.25, 0.3) is 0 Å². The average Bonchev–Trinajstić information content (AvgIpc) is 3.29. The lowest BCUT2D eigenvalue weighted by molar-refractivity contribution is 0.186. The van der Waals surface area contributed by atoms with Gasteiger partial charge < -0.3 is 24.4 Å². The number of carbonyl (C=O) groups is 1. The van der Waals surface area contributed by atoms with Crippen LogP contribution in [0.5, 0.6) is 0 Å². The van der Waals surface area contributed by atoms with Crippen LogP contribution >= 0.6 is 0 Å². The zero-order valence-electron chi connectivity index (χ0n) is 15.5. The molecular formula is C20H24N4O3. The van der Waals surface area contributed by atoms with Crippen LogP contribution in [0.2, 0.25) is 0 Å². The van der Waals surface area contributed by atoms with Gasteiger partial charge in [-0.1, -0.05) is 12.1 Å². The number of imidazole rings is 1. The minimum atomic E-state index is -0.267. The van der Waals surface area contributed by atoms with Crippen molar-refractivity contribution >= 4 is 22.7 Å². The Morgan fingerprint density at radius 1 is 1.33 bits per heavy atom.